The molecule has 3 aromatic rings. The highest BCUT2D eigenvalue weighted by molar-refractivity contribution is 7.60. The second-order valence-corrected chi connectivity index (χ2v) is 21.9. The predicted molar refractivity (Wildman–Crippen MR) is 191 cm³/mol. The van der Waals surface area contributed by atoms with Crippen molar-refractivity contribution >= 4 is 17.2 Å². The molecule has 0 N–H and O–H groups in total. The fourth-order valence-electron chi connectivity index (χ4n) is 12.7. The van der Waals surface area contributed by atoms with Crippen molar-refractivity contribution in [2.24, 2.45) is 35.5 Å². The molecule has 8 fully saturated rings. The van der Waals surface area contributed by atoms with Crippen LogP contribution in [0.5, 0.6) is 0 Å². The van der Waals surface area contributed by atoms with Crippen molar-refractivity contribution in [3.05, 3.63) is 83.5 Å². The summed E-state index contributed by atoms with van der Waals surface area (Å²) in [7, 11) is 2.99. The Morgan fingerprint density at radius 3 is 1.41 bits per heavy atom. The molecule has 1 aromatic carbocycles. The van der Waals surface area contributed by atoms with Gasteiger partial charge in [0.15, 0.2) is 0 Å². The van der Waals surface area contributed by atoms with E-state index >= 15 is 0 Å². The van der Waals surface area contributed by atoms with E-state index < -0.39 is 5.16 Å². The Hall–Kier alpha value is -1.76. The van der Waals surface area contributed by atoms with Gasteiger partial charge in [-0.1, -0.05) is 46.9 Å². The molecule has 0 amide bonds. The molecule has 8 aliphatic carbocycles. The topological polar surface area (TPSA) is 51.6 Å². The summed E-state index contributed by atoms with van der Waals surface area (Å²) >= 11 is 0. The zero-order chi connectivity index (χ0) is 31.3. The van der Waals surface area contributed by atoms with Gasteiger partial charge in [0.1, 0.15) is 16.8 Å². The first kappa shape index (κ1) is 30.3. The predicted octanol–water partition coefficient (Wildman–Crippen LogP) is 9.65. The summed E-state index contributed by atoms with van der Waals surface area (Å²) in [6.07, 6.45) is 27.1. The van der Waals surface area contributed by atoms with E-state index in [9.17, 15) is 0 Å². The summed E-state index contributed by atoms with van der Waals surface area (Å²) in [6.45, 7) is 7.02. The lowest BCUT2D eigenvalue weighted by Gasteiger charge is -2.67. The number of hydrogen-bond donors (Lipinski definition) is 0. The van der Waals surface area contributed by atoms with Gasteiger partial charge in [-0.2, -0.15) is 0 Å². The highest BCUT2D eigenvalue weighted by atomic mass is 31.1. The van der Waals surface area contributed by atoms with Crippen molar-refractivity contribution in [3.8, 4) is 0 Å². The van der Waals surface area contributed by atoms with E-state index in [4.69, 9.17) is 19.9 Å². The summed E-state index contributed by atoms with van der Waals surface area (Å²) in [4.78, 5) is 19.7. The summed E-state index contributed by atoms with van der Waals surface area (Å²) in [6, 6.07) is 11.3. The summed E-state index contributed by atoms with van der Waals surface area (Å²) < 4.78 is 0. The monoisotopic (exact) mass is 650 g/mol. The third kappa shape index (κ3) is 4.89. The van der Waals surface area contributed by atoms with Crippen LogP contribution in [-0.2, 0) is 16.7 Å². The molecular weight excluding hydrogens is 598 g/mol. The zero-order valence-electron chi connectivity index (χ0n) is 28.2. The van der Waals surface area contributed by atoms with Crippen LogP contribution < -0.4 is 0 Å². The van der Waals surface area contributed by atoms with Crippen LogP contribution in [0, 0.1) is 35.5 Å². The van der Waals surface area contributed by atoms with Crippen LogP contribution in [0.15, 0.2) is 55.1 Å². The van der Waals surface area contributed by atoms with Gasteiger partial charge in [-0.05, 0) is 163 Å². The molecule has 0 radical (unpaired) electrons. The zero-order valence-corrected chi connectivity index (χ0v) is 30.2. The van der Waals surface area contributed by atoms with Gasteiger partial charge < -0.3 is 0 Å². The van der Waals surface area contributed by atoms with Crippen molar-refractivity contribution in [2.45, 2.75) is 125 Å². The normalized spacial score (nSPS) is 36.7. The first-order valence-electron chi connectivity index (χ1n) is 18.4. The first-order valence-corrected chi connectivity index (χ1v) is 20.5. The van der Waals surface area contributed by atoms with Crippen LogP contribution in [0.3, 0.4) is 0 Å². The molecule has 0 aliphatic heterocycles. The quantitative estimate of drug-likeness (QED) is 0.239. The highest BCUT2D eigenvalue weighted by Crippen LogP contribution is 2.80. The molecule has 1 unspecified atom stereocenters. The fraction of sp³-hybridized carbons (Fsp3) is 0.650. The Bertz CT molecular complexity index is 1440. The molecule has 46 heavy (non-hydrogen) atoms. The SMILES string of the molecule is CC(C)(C)c1ccc(CP(C23CC4CC(CC(C4)C2)C3)C23CC4CC(CC(C4)C2)C3)c(C(P)(c2ncccn2)c2ncccn2)c1. The van der Waals surface area contributed by atoms with Crippen molar-refractivity contribution < 1.29 is 0 Å². The van der Waals surface area contributed by atoms with Gasteiger partial charge in [0.25, 0.3) is 0 Å². The molecule has 0 spiro atoms. The van der Waals surface area contributed by atoms with E-state index in [1.54, 1.807) is 0 Å². The number of nitrogens with zero attached hydrogens (tertiary/aromatic N) is 4. The Morgan fingerprint density at radius 2 is 1.04 bits per heavy atom. The highest BCUT2D eigenvalue weighted by Gasteiger charge is 2.62. The van der Waals surface area contributed by atoms with Gasteiger partial charge in [-0.25, -0.2) is 19.9 Å². The molecule has 11 rings (SSSR count). The van der Waals surface area contributed by atoms with Gasteiger partial charge in [0.2, 0.25) is 0 Å². The minimum atomic E-state index is -0.719. The lowest BCUT2D eigenvalue weighted by Crippen LogP contribution is -2.56. The molecular formula is C40H52N4P2. The van der Waals surface area contributed by atoms with Crippen LogP contribution in [0.2, 0.25) is 0 Å². The van der Waals surface area contributed by atoms with Gasteiger partial charge in [0.05, 0.1) is 0 Å². The van der Waals surface area contributed by atoms with Crippen molar-refractivity contribution in [3.63, 3.8) is 0 Å². The van der Waals surface area contributed by atoms with Crippen LogP contribution in [-0.4, -0.2) is 30.2 Å². The van der Waals surface area contributed by atoms with Crippen LogP contribution in [0.25, 0.3) is 0 Å². The largest absolute Gasteiger partial charge is 0.240 e. The smallest absolute Gasteiger partial charge is 0.150 e. The second-order valence-electron chi connectivity index (χ2n) is 17.9. The maximum atomic E-state index is 4.92. The Morgan fingerprint density at radius 1 is 0.652 bits per heavy atom. The molecule has 2 heterocycles. The maximum Gasteiger partial charge on any atom is 0.150 e. The van der Waals surface area contributed by atoms with Crippen molar-refractivity contribution in [1.29, 1.82) is 0 Å². The number of rotatable bonds is 7. The summed E-state index contributed by atoms with van der Waals surface area (Å²) in [5, 5.41) is 0.431. The maximum absolute atomic E-state index is 4.92. The number of hydrogen-bond acceptors (Lipinski definition) is 4. The fourth-order valence-corrected chi connectivity index (χ4v) is 18.4. The third-order valence-electron chi connectivity index (χ3n) is 13.7. The van der Waals surface area contributed by atoms with Crippen molar-refractivity contribution in [2.75, 3.05) is 0 Å². The molecule has 8 saturated carbocycles. The van der Waals surface area contributed by atoms with Crippen LogP contribution >= 0.6 is 17.2 Å². The van der Waals surface area contributed by atoms with Crippen LogP contribution in [0.1, 0.15) is 126 Å². The molecule has 2 aromatic heterocycles. The number of aromatic nitrogens is 4. The van der Waals surface area contributed by atoms with Gasteiger partial charge in [-0.15, -0.1) is 9.24 Å². The molecule has 8 aliphatic rings. The van der Waals surface area contributed by atoms with Gasteiger partial charge in [-0.3, -0.25) is 0 Å². The molecule has 0 saturated heterocycles. The third-order valence-corrected chi connectivity index (χ3v) is 18.6. The first-order chi connectivity index (χ1) is 22.1. The molecule has 8 bridgehead atoms. The van der Waals surface area contributed by atoms with Gasteiger partial charge in [0, 0.05) is 24.8 Å². The van der Waals surface area contributed by atoms with E-state index in [2.05, 4.69) is 48.2 Å². The molecule has 4 nitrogen and oxygen atoms in total. The minimum Gasteiger partial charge on any atom is -0.240 e. The Balaban J connectivity index is 1.23. The number of benzene rings is 1. The molecule has 6 heteroatoms. The average Bonchev–Trinajstić information content (AvgIpc) is 3.02. The lowest BCUT2D eigenvalue weighted by molar-refractivity contribution is 0.0184. The van der Waals surface area contributed by atoms with E-state index in [-0.39, 0.29) is 13.3 Å². The van der Waals surface area contributed by atoms with E-state index in [0.717, 1.165) is 47.2 Å². The van der Waals surface area contributed by atoms with Crippen LogP contribution in [0.4, 0.5) is 0 Å². The molecule has 242 valence electrons. The van der Waals surface area contributed by atoms with Crippen molar-refractivity contribution in [1.82, 2.24) is 19.9 Å². The van der Waals surface area contributed by atoms with Gasteiger partial charge >= 0.3 is 0 Å². The Labute approximate surface area is 280 Å². The van der Waals surface area contributed by atoms with E-state index in [1.165, 1.54) is 99.9 Å². The average molecular weight is 651 g/mol. The summed E-state index contributed by atoms with van der Waals surface area (Å²) in [5.74, 6) is 7.48. The molecule has 1 atom stereocenters. The van der Waals surface area contributed by atoms with E-state index in [0.29, 0.717) is 10.3 Å². The minimum absolute atomic E-state index is 0.0263. The summed E-state index contributed by atoms with van der Waals surface area (Å²) in [5.41, 5.74) is 4.21. The standard InChI is InChI=1S/C40H52N4P2/c1-37(2,3)33-7-6-32(34(18-33)40(45,35-41-8-4-9-42-35)36-43-10-5-11-44-36)25-46(38-19-26-12-27(20-38)14-28(13-26)21-38)39-22-29-15-30(23-39)17-31(16-29)24-39/h4-11,18,26-31H,12-17,19-25,45H2,1-3H3. The Kier molecular flexibility index (Phi) is 7.16. The second kappa shape index (κ2) is 10.9. The van der Waals surface area contributed by atoms with E-state index in [1.807, 2.05) is 36.9 Å². The lowest BCUT2D eigenvalue weighted by atomic mass is 9.55.